The molecule has 1 aromatic carbocycles. The number of rotatable bonds is 4. The van der Waals surface area contributed by atoms with E-state index in [1.807, 2.05) is 65.8 Å². The summed E-state index contributed by atoms with van der Waals surface area (Å²) >= 11 is 0. The van der Waals surface area contributed by atoms with Gasteiger partial charge in [0.15, 0.2) is 0 Å². The fraction of sp³-hybridized carbons (Fsp3) is 0.667. The van der Waals surface area contributed by atoms with E-state index in [1.165, 1.54) is 0 Å². The number of esters is 1. The molecule has 2 saturated heterocycles. The molecule has 31 heavy (non-hydrogen) atoms. The Hall–Kier alpha value is -2.12. The highest BCUT2D eigenvalue weighted by Crippen LogP contribution is 2.40. The number of amides is 1. The summed E-state index contributed by atoms with van der Waals surface area (Å²) in [6, 6.07) is 7.61. The first-order valence-corrected chi connectivity index (χ1v) is 11.0. The Bertz CT molecular complexity index is 789. The summed E-state index contributed by atoms with van der Waals surface area (Å²) in [5, 5.41) is 0. The standard InChI is InChI=1S/C24H35NO6/c1-7-29-20(26)24(12-14-28-15-13-24)18-10-8-17(9-11-18)19-16-30-23(5,6)25(19)21(27)31-22(2,3)4/h8-11,19H,7,12-16H2,1-6H3/t19-/m1/s1. The Labute approximate surface area is 185 Å². The fourth-order valence-electron chi connectivity index (χ4n) is 4.33. The van der Waals surface area contributed by atoms with E-state index in [0.717, 1.165) is 11.1 Å². The van der Waals surface area contributed by atoms with E-state index in [2.05, 4.69) is 0 Å². The van der Waals surface area contributed by atoms with Crippen LogP contribution in [-0.2, 0) is 29.2 Å². The van der Waals surface area contributed by atoms with Gasteiger partial charge in [0.25, 0.3) is 0 Å². The number of ether oxygens (including phenoxy) is 4. The number of benzene rings is 1. The molecule has 1 aromatic rings. The van der Waals surface area contributed by atoms with Gasteiger partial charge in [0, 0.05) is 13.2 Å². The van der Waals surface area contributed by atoms with Crippen LogP contribution in [0.5, 0.6) is 0 Å². The Morgan fingerprint density at radius 2 is 1.74 bits per heavy atom. The molecular formula is C24H35NO6. The van der Waals surface area contributed by atoms with Crippen molar-refractivity contribution in [2.24, 2.45) is 0 Å². The van der Waals surface area contributed by atoms with Crippen LogP contribution in [0.25, 0.3) is 0 Å². The Morgan fingerprint density at radius 1 is 1.13 bits per heavy atom. The lowest BCUT2D eigenvalue weighted by Gasteiger charge is -2.36. The topological polar surface area (TPSA) is 74.3 Å². The Balaban J connectivity index is 1.88. The van der Waals surface area contributed by atoms with Crippen LogP contribution in [0.1, 0.15) is 71.6 Å². The second-order valence-electron chi connectivity index (χ2n) is 9.66. The van der Waals surface area contributed by atoms with Crippen molar-refractivity contribution in [3.63, 3.8) is 0 Å². The molecule has 7 nitrogen and oxygen atoms in total. The van der Waals surface area contributed by atoms with Crippen molar-refractivity contribution in [3.05, 3.63) is 35.4 Å². The summed E-state index contributed by atoms with van der Waals surface area (Å²) in [5.74, 6) is -0.202. The van der Waals surface area contributed by atoms with E-state index in [9.17, 15) is 9.59 Å². The van der Waals surface area contributed by atoms with E-state index in [1.54, 1.807) is 4.90 Å². The second-order valence-corrected chi connectivity index (χ2v) is 9.66. The first-order valence-electron chi connectivity index (χ1n) is 11.0. The largest absolute Gasteiger partial charge is 0.465 e. The third kappa shape index (κ3) is 4.88. The maximum Gasteiger partial charge on any atom is 0.413 e. The van der Waals surface area contributed by atoms with Crippen molar-refractivity contribution < 1.29 is 28.5 Å². The van der Waals surface area contributed by atoms with Gasteiger partial charge < -0.3 is 18.9 Å². The summed E-state index contributed by atoms with van der Waals surface area (Å²) in [5.41, 5.74) is -0.216. The van der Waals surface area contributed by atoms with Crippen LogP contribution in [0.3, 0.4) is 0 Å². The molecule has 3 rings (SSSR count). The maximum atomic E-state index is 12.9. The minimum atomic E-state index is -0.779. The van der Waals surface area contributed by atoms with Crippen molar-refractivity contribution >= 4 is 12.1 Å². The SMILES string of the molecule is CCOC(=O)C1(c2ccc([C@H]3COC(C)(C)N3C(=O)OC(C)(C)C)cc2)CCOCC1. The Kier molecular flexibility index (Phi) is 6.67. The highest BCUT2D eigenvalue weighted by Gasteiger charge is 2.47. The van der Waals surface area contributed by atoms with Crippen LogP contribution >= 0.6 is 0 Å². The third-order valence-corrected chi connectivity index (χ3v) is 5.94. The number of hydrogen-bond donors (Lipinski definition) is 0. The lowest BCUT2D eigenvalue weighted by atomic mass is 9.74. The van der Waals surface area contributed by atoms with Gasteiger partial charge in [-0.3, -0.25) is 9.69 Å². The highest BCUT2D eigenvalue weighted by atomic mass is 16.6. The summed E-state index contributed by atoms with van der Waals surface area (Å²) in [4.78, 5) is 27.4. The van der Waals surface area contributed by atoms with Crippen LogP contribution in [0, 0.1) is 0 Å². The van der Waals surface area contributed by atoms with Crippen LogP contribution in [0.15, 0.2) is 24.3 Å². The molecule has 0 radical (unpaired) electrons. The summed E-state index contributed by atoms with van der Waals surface area (Å²) in [6.45, 7) is 12.9. The van der Waals surface area contributed by atoms with Crippen molar-refractivity contribution in [1.82, 2.24) is 4.90 Å². The number of carbonyl (C=O) groups excluding carboxylic acids is 2. The van der Waals surface area contributed by atoms with Gasteiger partial charge >= 0.3 is 12.1 Å². The number of hydrogen-bond acceptors (Lipinski definition) is 6. The van der Waals surface area contributed by atoms with Gasteiger partial charge in [-0.1, -0.05) is 24.3 Å². The number of carbonyl (C=O) groups is 2. The van der Waals surface area contributed by atoms with Crippen molar-refractivity contribution in [2.75, 3.05) is 26.4 Å². The molecular weight excluding hydrogens is 398 g/mol. The molecule has 0 spiro atoms. The van der Waals surface area contributed by atoms with Gasteiger partial charge in [0.2, 0.25) is 0 Å². The maximum absolute atomic E-state index is 12.9. The number of nitrogens with zero attached hydrogens (tertiary/aromatic N) is 1. The molecule has 2 fully saturated rings. The van der Waals surface area contributed by atoms with Gasteiger partial charge in [0.1, 0.15) is 11.3 Å². The summed E-state index contributed by atoms with van der Waals surface area (Å²) in [7, 11) is 0. The molecule has 172 valence electrons. The molecule has 0 bridgehead atoms. The lowest BCUT2D eigenvalue weighted by molar-refractivity contribution is -0.154. The molecule has 0 unspecified atom stereocenters. The second kappa shape index (κ2) is 8.79. The molecule has 0 N–H and O–H groups in total. The van der Waals surface area contributed by atoms with Gasteiger partial charge in [0.05, 0.1) is 24.7 Å². The van der Waals surface area contributed by atoms with Gasteiger partial charge in [-0.2, -0.15) is 0 Å². The summed E-state index contributed by atoms with van der Waals surface area (Å²) in [6.07, 6.45) is 0.778. The average Bonchev–Trinajstić information content (AvgIpc) is 3.02. The zero-order valence-electron chi connectivity index (χ0n) is 19.5. The normalized spacial score (nSPS) is 22.8. The molecule has 2 aliphatic heterocycles. The van der Waals surface area contributed by atoms with Gasteiger partial charge in [-0.15, -0.1) is 0 Å². The molecule has 1 amide bonds. The smallest absolute Gasteiger partial charge is 0.413 e. The minimum absolute atomic E-state index is 0.202. The predicted octanol–water partition coefficient (Wildman–Crippen LogP) is 4.34. The monoisotopic (exact) mass is 433 g/mol. The van der Waals surface area contributed by atoms with Crippen molar-refractivity contribution in [1.29, 1.82) is 0 Å². The van der Waals surface area contributed by atoms with Crippen molar-refractivity contribution in [3.8, 4) is 0 Å². The molecule has 1 atom stereocenters. The van der Waals surface area contributed by atoms with E-state index in [0.29, 0.717) is 39.3 Å². The van der Waals surface area contributed by atoms with E-state index < -0.39 is 22.8 Å². The van der Waals surface area contributed by atoms with Crippen LogP contribution in [0.4, 0.5) is 4.79 Å². The first kappa shape index (κ1) is 23.5. The van der Waals surface area contributed by atoms with Crippen LogP contribution in [0.2, 0.25) is 0 Å². The molecule has 0 aliphatic carbocycles. The van der Waals surface area contributed by atoms with E-state index >= 15 is 0 Å². The zero-order valence-corrected chi connectivity index (χ0v) is 19.5. The summed E-state index contributed by atoms with van der Waals surface area (Å²) < 4.78 is 22.5. The minimum Gasteiger partial charge on any atom is -0.465 e. The molecule has 0 aromatic heterocycles. The molecule has 0 saturated carbocycles. The van der Waals surface area contributed by atoms with E-state index in [-0.39, 0.29) is 12.0 Å². The fourth-order valence-corrected chi connectivity index (χ4v) is 4.33. The van der Waals surface area contributed by atoms with E-state index in [4.69, 9.17) is 18.9 Å². The molecule has 7 heteroatoms. The third-order valence-electron chi connectivity index (χ3n) is 5.94. The van der Waals surface area contributed by atoms with Crippen LogP contribution < -0.4 is 0 Å². The lowest BCUT2D eigenvalue weighted by Crippen LogP contribution is -2.47. The van der Waals surface area contributed by atoms with Crippen LogP contribution in [-0.4, -0.2) is 54.7 Å². The average molecular weight is 434 g/mol. The predicted molar refractivity (Wildman–Crippen MR) is 116 cm³/mol. The van der Waals surface area contributed by atoms with Gasteiger partial charge in [-0.25, -0.2) is 4.79 Å². The first-order chi connectivity index (χ1) is 14.5. The van der Waals surface area contributed by atoms with Gasteiger partial charge in [-0.05, 0) is 65.5 Å². The molecule has 2 heterocycles. The quantitative estimate of drug-likeness (QED) is 0.658. The zero-order chi connectivity index (χ0) is 22.9. The highest BCUT2D eigenvalue weighted by molar-refractivity contribution is 5.83. The van der Waals surface area contributed by atoms with Crippen molar-refractivity contribution in [2.45, 2.75) is 77.2 Å². The Morgan fingerprint density at radius 3 is 2.29 bits per heavy atom. The molecule has 2 aliphatic rings.